The average Bonchev–Trinajstić information content (AvgIpc) is 3.04. The first kappa shape index (κ1) is 23.0. The van der Waals surface area contributed by atoms with Crippen molar-refractivity contribution in [1.29, 1.82) is 0 Å². The number of amides is 1. The van der Waals surface area contributed by atoms with Crippen molar-refractivity contribution in [3.63, 3.8) is 0 Å². The summed E-state index contributed by atoms with van der Waals surface area (Å²) in [6.45, 7) is 6.28. The third-order valence-electron chi connectivity index (χ3n) is 5.61. The molecule has 1 unspecified atom stereocenters. The molecule has 0 radical (unpaired) electrons. The number of aliphatic hydroxyl groups excluding tert-OH is 1. The number of likely N-dealkylation sites (N-methyl/N-ethyl adjacent to an activating group) is 1. The number of Topliss-reactive ketones (excluding diaryl/α,β-unsaturated/α-hetero) is 1. The molecule has 1 aliphatic rings. The molecule has 2 N–H and O–H groups in total. The molecular weight excluding hydrogens is 414 g/mol. The van der Waals surface area contributed by atoms with Gasteiger partial charge in [-0.2, -0.15) is 0 Å². The summed E-state index contributed by atoms with van der Waals surface area (Å²) in [5.74, 6) is -2.18. The van der Waals surface area contributed by atoms with Gasteiger partial charge >= 0.3 is 0 Å². The topological polar surface area (TPSA) is 124 Å². The lowest BCUT2D eigenvalue weighted by molar-refractivity contribution is -0.384. The number of nitro benzene ring substituents is 1. The van der Waals surface area contributed by atoms with E-state index in [2.05, 4.69) is 4.90 Å². The van der Waals surface area contributed by atoms with Crippen molar-refractivity contribution in [2.45, 2.75) is 19.9 Å². The van der Waals surface area contributed by atoms with Gasteiger partial charge in [-0.25, -0.2) is 0 Å². The molecule has 0 aromatic heterocycles. The third-order valence-corrected chi connectivity index (χ3v) is 5.61. The Balaban J connectivity index is 2.13. The fourth-order valence-corrected chi connectivity index (χ4v) is 3.86. The minimum absolute atomic E-state index is 0.0489. The molecule has 1 fully saturated rings. The van der Waals surface area contributed by atoms with Crippen LogP contribution < -0.4 is 0 Å². The van der Waals surface area contributed by atoms with Crippen LogP contribution in [0.4, 0.5) is 5.69 Å². The van der Waals surface area contributed by atoms with Crippen LogP contribution in [0, 0.1) is 10.1 Å². The van der Waals surface area contributed by atoms with Crippen LogP contribution in [0.2, 0.25) is 0 Å². The lowest BCUT2D eigenvalue weighted by atomic mass is 9.95. The maximum Gasteiger partial charge on any atom is 0.295 e. The Morgan fingerprint density at radius 1 is 1.12 bits per heavy atom. The van der Waals surface area contributed by atoms with Crippen LogP contribution in [0.25, 0.3) is 5.76 Å². The second kappa shape index (κ2) is 9.61. The summed E-state index contributed by atoms with van der Waals surface area (Å²) in [5, 5.41) is 32.1. The van der Waals surface area contributed by atoms with Gasteiger partial charge in [0.1, 0.15) is 11.5 Å². The number of phenols is 1. The van der Waals surface area contributed by atoms with Crippen LogP contribution in [-0.2, 0) is 9.59 Å². The number of nitro groups is 1. The number of aliphatic hydroxyl groups is 1. The SMILES string of the molecule is CCN(CC)CCN1C(=O)C(=O)/C(=C(\O)c2cccc([N+](=O)[O-])c2)C1c1cccc(O)c1. The predicted molar refractivity (Wildman–Crippen MR) is 118 cm³/mol. The highest BCUT2D eigenvalue weighted by Crippen LogP contribution is 2.40. The van der Waals surface area contributed by atoms with Crippen molar-refractivity contribution in [2.75, 3.05) is 26.2 Å². The zero-order valence-electron chi connectivity index (χ0n) is 17.9. The van der Waals surface area contributed by atoms with Crippen LogP contribution in [-0.4, -0.2) is 62.8 Å². The maximum atomic E-state index is 13.0. The monoisotopic (exact) mass is 439 g/mol. The van der Waals surface area contributed by atoms with Crippen molar-refractivity contribution in [2.24, 2.45) is 0 Å². The molecule has 0 aliphatic carbocycles. The first-order chi connectivity index (χ1) is 15.3. The minimum atomic E-state index is -0.933. The molecule has 9 heteroatoms. The largest absolute Gasteiger partial charge is 0.508 e. The Bertz CT molecular complexity index is 1080. The van der Waals surface area contributed by atoms with E-state index in [9.17, 15) is 29.9 Å². The number of carbonyl (C=O) groups is 2. The van der Waals surface area contributed by atoms with E-state index in [4.69, 9.17) is 0 Å². The van der Waals surface area contributed by atoms with E-state index in [0.29, 0.717) is 12.1 Å². The molecule has 0 bridgehead atoms. The van der Waals surface area contributed by atoms with E-state index >= 15 is 0 Å². The van der Waals surface area contributed by atoms with Gasteiger partial charge in [0.15, 0.2) is 0 Å². The lowest BCUT2D eigenvalue weighted by Crippen LogP contribution is -2.38. The minimum Gasteiger partial charge on any atom is -0.508 e. The highest BCUT2D eigenvalue weighted by Gasteiger charge is 2.46. The molecule has 1 atom stereocenters. The molecule has 9 nitrogen and oxygen atoms in total. The van der Waals surface area contributed by atoms with Crippen molar-refractivity contribution < 1.29 is 24.7 Å². The molecule has 32 heavy (non-hydrogen) atoms. The zero-order valence-corrected chi connectivity index (χ0v) is 17.9. The van der Waals surface area contributed by atoms with Crippen molar-refractivity contribution >= 4 is 23.1 Å². The molecule has 1 aliphatic heterocycles. The van der Waals surface area contributed by atoms with Gasteiger partial charge in [0.05, 0.1) is 16.5 Å². The predicted octanol–water partition coefficient (Wildman–Crippen LogP) is 3.06. The van der Waals surface area contributed by atoms with Crippen LogP contribution in [0.3, 0.4) is 0 Å². The summed E-state index contributed by atoms with van der Waals surface area (Å²) in [6.07, 6.45) is 0. The third kappa shape index (κ3) is 4.47. The summed E-state index contributed by atoms with van der Waals surface area (Å²) in [4.78, 5) is 39.9. The number of rotatable bonds is 8. The Hall–Kier alpha value is -3.72. The van der Waals surface area contributed by atoms with Gasteiger partial charge in [-0.1, -0.05) is 38.1 Å². The van der Waals surface area contributed by atoms with Crippen LogP contribution in [0.15, 0.2) is 54.1 Å². The Morgan fingerprint density at radius 2 is 1.81 bits per heavy atom. The number of phenolic OH excluding ortho intramolecular Hbond substituents is 1. The second-order valence-electron chi connectivity index (χ2n) is 7.42. The molecule has 1 saturated heterocycles. The van der Waals surface area contributed by atoms with Crippen molar-refractivity contribution in [3.05, 3.63) is 75.3 Å². The van der Waals surface area contributed by atoms with E-state index in [-0.39, 0.29) is 29.1 Å². The van der Waals surface area contributed by atoms with Crippen molar-refractivity contribution in [1.82, 2.24) is 9.80 Å². The Morgan fingerprint density at radius 3 is 2.44 bits per heavy atom. The van der Waals surface area contributed by atoms with Gasteiger partial charge in [-0.05, 0) is 30.8 Å². The molecule has 3 rings (SSSR count). The molecule has 0 spiro atoms. The van der Waals surface area contributed by atoms with E-state index in [1.165, 1.54) is 35.2 Å². The molecular formula is C23H25N3O6. The second-order valence-corrected chi connectivity index (χ2v) is 7.42. The fraction of sp³-hybridized carbons (Fsp3) is 0.304. The highest BCUT2D eigenvalue weighted by molar-refractivity contribution is 6.46. The summed E-state index contributed by atoms with van der Waals surface area (Å²) in [6, 6.07) is 10.5. The van der Waals surface area contributed by atoms with Gasteiger partial charge < -0.3 is 20.0 Å². The van der Waals surface area contributed by atoms with Gasteiger partial charge in [0.2, 0.25) is 0 Å². The smallest absolute Gasteiger partial charge is 0.295 e. The number of carbonyl (C=O) groups excluding carboxylic acids is 2. The van der Waals surface area contributed by atoms with E-state index in [1.54, 1.807) is 12.1 Å². The molecule has 1 amide bonds. The number of hydrogen-bond donors (Lipinski definition) is 2. The van der Waals surface area contributed by atoms with E-state index in [1.807, 2.05) is 13.8 Å². The summed E-state index contributed by atoms with van der Waals surface area (Å²) < 4.78 is 0. The molecule has 1 heterocycles. The van der Waals surface area contributed by atoms with Crippen LogP contribution in [0.5, 0.6) is 5.75 Å². The molecule has 2 aromatic carbocycles. The van der Waals surface area contributed by atoms with Gasteiger partial charge in [0, 0.05) is 30.8 Å². The number of ketones is 1. The number of likely N-dealkylation sites (tertiary alicyclic amines) is 1. The normalized spacial score (nSPS) is 17.8. The first-order valence-corrected chi connectivity index (χ1v) is 10.3. The van der Waals surface area contributed by atoms with Gasteiger partial charge in [-0.3, -0.25) is 19.7 Å². The Kier molecular flexibility index (Phi) is 6.89. The fourth-order valence-electron chi connectivity index (χ4n) is 3.86. The summed E-state index contributed by atoms with van der Waals surface area (Å²) in [5.41, 5.74) is 0.0983. The average molecular weight is 439 g/mol. The Labute approximate surface area is 185 Å². The standard InChI is InChI=1S/C23H25N3O6/c1-3-24(4-2)11-12-25-20(15-7-6-10-18(27)14-15)19(22(29)23(25)30)21(28)16-8-5-9-17(13-16)26(31)32/h5-10,13-14,20,27-28H,3-4,11-12H2,1-2H3/b21-19-. The van der Waals surface area contributed by atoms with Crippen LogP contribution in [0.1, 0.15) is 31.0 Å². The number of non-ortho nitro benzene ring substituents is 1. The van der Waals surface area contributed by atoms with Gasteiger partial charge in [-0.15, -0.1) is 0 Å². The first-order valence-electron chi connectivity index (χ1n) is 10.3. The summed E-state index contributed by atoms with van der Waals surface area (Å²) in [7, 11) is 0. The molecule has 2 aromatic rings. The van der Waals surface area contributed by atoms with Gasteiger partial charge in [0.25, 0.3) is 17.4 Å². The molecule has 0 saturated carbocycles. The number of benzene rings is 2. The zero-order chi connectivity index (χ0) is 23.4. The summed E-state index contributed by atoms with van der Waals surface area (Å²) >= 11 is 0. The maximum absolute atomic E-state index is 13.0. The lowest BCUT2D eigenvalue weighted by Gasteiger charge is -2.28. The number of aromatic hydroxyl groups is 1. The van der Waals surface area contributed by atoms with E-state index < -0.39 is 28.4 Å². The van der Waals surface area contributed by atoms with Crippen LogP contribution >= 0.6 is 0 Å². The number of nitrogens with zero attached hydrogens (tertiary/aromatic N) is 3. The highest BCUT2D eigenvalue weighted by atomic mass is 16.6. The quantitative estimate of drug-likeness (QED) is 0.213. The number of hydrogen-bond acceptors (Lipinski definition) is 7. The van der Waals surface area contributed by atoms with Crippen molar-refractivity contribution in [3.8, 4) is 5.75 Å². The molecule has 168 valence electrons. The van der Waals surface area contributed by atoms with E-state index in [0.717, 1.165) is 19.2 Å².